The maximum atomic E-state index is 6.34. The highest BCUT2D eigenvalue weighted by atomic mass is 16.3. The monoisotopic (exact) mass is 627 g/mol. The van der Waals surface area contributed by atoms with Gasteiger partial charge in [0.05, 0.1) is 5.69 Å². The molecule has 2 nitrogen and oxygen atoms in total. The van der Waals surface area contributed by atoms with Crippen molar-refractivity contribution in [3.8, 4) is 22.3 Å². The van der Waals surface area contributed by atoms with Crippen LogP contribution in [0.5, 0.6) is 0 Å². The minimum absolute atomic E-state index is 0.101. The Bertz CT molecular complexity index is 2760. The largest absolute Gasteiger partial charge is 0.456 e. The van der Waals surface area contributed by atoms with Gasteiger partial charge in [-0.05, 0) is 86.6 Å². The third-order valence-electron chi connectivity index (χ3n) is 10.6. The lowest BCUT2D eigenvalue weighted by atomic mass is 9.82. The Morgan fingerprint density at radius 3 is 2.08 bits per heavy atom. The van der Waals surface area contributed by atoms with Gasteiger partial charge in [0.2, 0.25) is 0 Å². The molecule has 0 aliphatic heterocycles. The molecule has 9 aromatic rings. The maximum absolute atomic E-state index is 6.34. The quantitative estimate of drug-likeness (QED) is 0.193. The van der Waals surface area contributed by atoms with Gasteiger partial charge in [0.15, 0.2) is 0 Å². The molecule has 1 heterocycles. The van der Waals surface area contributed by atoms with Gasteiger partial charge < -0.3 is 9.32 Å². The Morgan fingerprint density at radius 2 is 1.14 bits per heavy atom. The molecule has 10 rings (SSSR count). The van der Waals surface area contributed by atoms with Crippen molar-refractivity contribution < 1.29 is 4.42 Å². The molecule has 0 atom stereocenters. The van der Waals surface area contributed by atoms with Crippen molar-refractivity contribution in [2.24, 2.45) is 0 Å². The number of furan rings is 1. The molecule has 0 N–H and O–H groups in total. The average Bonchev–Trinajstić information content (AvgIpc) is 3.64. The molecular formula is C47H33NO. The number of nitrogens with zero attached hydrogens (tertiary/aromatic N) is 1. The smallest absolute Gasteiger partial charge is 0.136 e. The Hall–Kier alpha value is -6.12. The van der Waals surface area contributed by atoms with Gasteiger partial charge in [-0.3, -0.25) is 0 Å². The van der Waals surface area contributed by atoms with Crippen molar-refractivity contribution in [3.05, 3.63) is 175 Å². The van der Waals surface area contributed by atoms with Gasteiger partial charge in [-0.1, -0.05) is 135 Å². The van der Waals surface area contributed by atoms with Crippen LogP contribution in [-0.4, -0.2) is 0 Å². The first kappa shape index (κ1) is 27.9. The van der Waals surface area contributed by atoms with Gasteiger partial charge in [-0.2, -0.15) is 0 Å². The molecule has 49 heavy (non-hydrogen) atoms. The molecule has 0 bridgehead atoms. The molecule has 232 valence electrons. The zero-order chi connectivity index (χ0) is 32.7. The predicted octanol–water partition coefficient (Wildman–Crippen LogP) is 13.3. The summed E-state index contributed by atoms with van der Waals surface area (Å²) in [5.74, 6) is 0. The molecule has 0 saturated carbocycles. The summed E-state index contributed by atoms with van der Waals surface area (Å²) >= 11 is 0. The van der Waals surface area contributed by atoms with E-state index in [1.54, 1.807) is 0 Å². The van der Waals surface area contributed by atoms with Gasteiger partial charge in [0, 0.05) is 38.3 Å². The minimum Gasteiger partial charge on any atom is -0.456 e. The summed E-state index contributed by atoms with van der Waals surface area (Å²) in [6, 6.07) is 59.5. The van der Waals surface area contributed by atoms with E-state index in [2.05, 4.69) is 176 Å². The van der Waals surface area contributed by atoms with Gasteiger partial charge in [0.25, 0.3) is 0 Å². The highest BCUT2D eigenvalue weighted by Crippen LogP contribution is 2.51. The van der Waals surface area contributed by atoms with Crippen molar-refractivity contribution in [2.75, 3.05) is 4.90 Å². The van der Waals surface area contributed by atoms with E-state index in [1.165, 1.54) is 60.3 Å². The highest BCUT2D eigenvalue weighted by molar-refractivity contribution is 6.23. The molecule has 0 saturated heterocycles. The Labute approximate surface area is 285 Å². The van der Waals surface area contributed by atoms with E-state index in [0.29, 0.717) is 0 Å². The number of hydrogen-bond donors (Lipinski definition) is 0. The van der Waals surface area contributed by atoms with Crippen LogP contribution >= 0.6 is 0 Å². The molecule has 0 amide bonds. The average molecular weight is 628 g/mol. The van der Waals surface area contributed by atoms with E-state index < -0.39 is 0 Å². The minimum atomic E-state index is -0.101. The number of anilines is 3. The van der Waals surface area contributed by atoms with E-state index in [4.69, 9.17) is 4.42 Å². The summed E-state index contributed by atoms with van der Waals surface area (Å²) in [7, 11) is 0. The lowest BCUT2D eigenvalue weighted by Gasteiger charge is -2.29. The molecule has 1 aliphatic carbocycles. The lowest BCUT2D eigenvalue weighted by Crippen LogP contribution is -2.16. The van der Waals surface area contributed by atoms with Crippen LogP contribution < -0.4 is 4.90 Å². The molecule has 1 aromatic heterocycles. The fourth-order valence-electron chi connectivity index (χ4n) is 8.31. The summed E-state index contributed by atoms with van der Waals surface area (Å²) < 4.78 is 6.34. The van der Waals surface area contributed by atoms with Crippen molar-refractivity contribution in [1.29, 1.82) is 0 Å². The molecule has 2 heteroatoms. The fraction of sp³-hybridized carbons (Fsp3) is 0.0638. The lowest BCUT2D eigenvalue weighted by molar-refractivity contribution is 0.660. The molecule has 1 aliphatic rings. The number of hydrogen-bond acceptors (Lipinski definition) is 2. The first-order valence-corrected chi connectivity index (χ1v) is 17.0. The van der Waals surface area contributed by atoms with E-state index in [9.17, 15) is 0 Å². The SMILES string of the molecule is CC1(C)c2ccccc2-c2ccc(N(c3cccc(-c4cccc5ccc6oc7ccccc7c6c45)c3)c3cccc4ccccc34)cc21. The van der Waals surface area contributed by atoms with Crippen LogP contribution in [-0.2, 0) is 5.41 Å². The number of fused-ring (bicyclic) bond motifs is 9. The van der Waals surface area contributed by atoms with Crippen molar-refractivity contribution in [1.82, 2.24) is 0 Å². The second kappa shape index (κ2) is 10.4. The van der Waals surface area contributed by atoms with E-state index in [1.807, 2.05) is 6.07 Å². The Kier molecular flexibility index (Phi) is 5.95. The van der Waals surface area contributed by atoms with Crippen LogP contribution in [0.25, 0.3) is 65.7 Å². The zero-order valence-corrected chi connectivity index (χ0v) is 27.4. The van der Waals surface area contributed by atoms with Crippen molar-refractivity contribution >= 4 is 60.5 Å². The van der Waals surface area contributed by atoms with Crippen LogP contribution in [0.15, 0.2) is 168 Å². The number of rotatable bonds is 4. The summed E-state index contributed by atoms with van der Waals surface area (Å²) in [5.41, 5.74) is 12.9. The van der Waals surface area contributed by atoms with Crippen LogP contribution in [0.4, 0.5) is 17.1 Å². The molecular weight excluding hydrogens is 595 g/mol. The molecule has 0 unspecified atom stereocenters. The standard InChI is InChI=1S/C47H33NO/c1-47(2)40-21-7-5-18-37(40)38-26-25-34(29-41(38)47)48(42-22-11-13-30-12-3-4-17-35(30)42)33-16-9-15-32(28-33)36-20-10-14-31-24-27-44-46(45(31)36)39-19-6-8-23-43(39)49-44/h3-29H,1-2H3. The topological polar surface area (TPSA) is 16.4 Å². The molecule has 0 spiro atoms. The number of benzene rings is 8. The van der Waals surface area contributed by atoms with Gasteiger partial charge in [-0.25, -0.2) is 0 Å². The van der Waals surface area contributed by atoms with Gasteiger partial charge in [0.1, 0.15) is 11.2 Å². The Balaban J connectivity index is 1.21. The van der Waals surface area contributed by atoms with E-state index in [0.717, 1.165) is 33.6 Å². The predicted molar refractivity (Wildman–Crippen MR) is 206 cm³/mol. The van der Waals surface area contributed by atoms with Crippen LogP contribution in [0.3, 0.4) is 0 Å². The third-order valence-corrected chi connectivity index (χ3v) is 10.6. The van der Waals surface area contributed by atoms with Gasteiger partial charge in [-0.15, -0.1) is 0 Å². The van der Waals surface area contributed by atoms with Crippen molar-refractivity contribution in [2.45, 2.75) is 19.3 Å². The molecule has 0 radical (unpaired) electrons. The van der Waals surface area contributed by atoms with E-state index in [-0.39, 0.29) is 5.41 Å². The second-order valence-corrected chi connectivity index (χ2v) is 13.7. The van der Waals surface area contributed by atoms with Gasteiger partial charge >= 0.3 is 0 Å². The summed E-state index contributed by atoms with van der Waals surface area (Å²) in [4.78, 5) is 2.44. The van der Waals surface area contributed by atoms with Crippen molar-refractivity contribution in [3.63, 3.8) is 0 Å². The fourth-order valence-corrected chi connectivity index (χ4v) is 8.31. The normalized spacial score (nSPS) is 13.3. The number of para-hydroxylation sites is 1. The molecule has 8 aromatic carbocycles. The summed E-state index contributed by atoms with van der Waals surface area (Å²) in [6.07, 6.45) is 0. The Morgan fingerprint density at radius 1 is 0.449 bits per heavy atom. The van der Waals surface area contributed by atoms with Crippen LogP contribution in [0.1, 0.15) is 25.0 Å². The maximum Gasteiger partial charge on any atom is 0.136 e. The molecule has 0 fully saturated rings. The summed E-state index contributed by atoms with van der Waals surface area (Å²) in [6.45, 7) is 4.70. The van der Waals surface area contributed by atoms with Crippen LogP contribution in [0, 0.1) is 0 Å². The second-order valence-electron chi connectivity index (χ2n) is 13.7. The highest BCUT2D eigenvalue weighted by Gasteiger charge is 2.35. The first-order valence-electron chi connectivity index (χ1n) is 17.0. The zero-order valence-electron chi connectivity index (χ0n) is 27.4. The van der Waals surface area contributed by atoms with Crippen LogP contribution in [0.2, 0.25) is 0 Å². The first-order chi connectivity index (χ1) is 24.1. The van der Waals surface area contributed by atoms with E-state index >= 15 is 0 Å². The third kappa shape index (κ3) is 4.14. The summed E-state index contributed by atoms with van der Waals surface area (Å²) in [5, 5.41) is 7.17.